The van der Waals surface area contributed by atoms with Crippen molar-refractivity contribution in [3.8, 4) is 22.3 Å². The van der Waals surface area contributed by atoms with Crippen LogP contribution in [0, 0.1) is 13.8 Å². The van der Waals surface area contributed by atoms with Crippen molar-refractivity contribution in [2.75, 3.05) is 9.80 Å². The van der Waals surface area contributed by atoms with Gasteiger partial charge in [-0.15, -0.1) is 0 Å². The van der Waals surface area contributed by atoms with E-state index in [1.807, 2.05) is 0 Å². The molecule has 1 aliphatic rings. The smallest absolute Gasteiger partial charge is 0.0543 e. The van der Waals surface area contributed by atoms with Crippen molar-refractivity contribution in [3.63, 3.8) is 0 Å². The summed E-state index contributed by atoms with van der Waals surface area (Å²) in [7, 11) is 0. The quantitative estimate of drug-likeness (QED) is 0.126. The van der Waals surface area contributed by atoms with Gasteiger partial charge in [-0.3, -0.25) is 0 Å². The van der Waals surface area contributed by atoms with Crippen molar-refractivity contribution in [1.82, 2.24) is 0 Å². The van der Waals surface area contributed by atoms with E-state index in [1.165, 1.54) is 122 Å². The first kappa shape index (κ1) is 46.8. The molecule has 0 saturated heterocycles. The Hall–Kier alpha value is -6.90. The van der Waals surface area contributed by atoms with Crippen molar-refractivity contribution < 1.29 is 0 Å². The maximum absolute atomic E-state index is 2.66. The molecule has 0 fully saturated rings. The molecule has 0 bridgehead atoms. The number of anilines is 6. The average molecular weight is 915 g/mol. The summed E-state index contributed by atoms with van der Waals surface area (Å²) in [6.45, 7) is 28.3. The van der Waals surface area contributed by atoms with Gasteiger partial charge in [-0.2, -0.15) is 0 Å². The third kappa shape index (κ3) is 8.30. The van der Waals surface area contributed by atoms with E-state index in [-0.39, 0.29) is 10.8 Å². The van der Waals surface area contributed by atoms with E-state index in [1.54, 1.807) is 0 Å². The summed E-state index contributed by atoms with van der Waals surface area (Å²) in [5.41, 5.74) is 23.0. The molecule has 0 aliphatic heterocycles. The molecule has 2 heteroatoms. The Bertz CT molecular complexity index is 3410. The number of benzene rings is 9. The minimum atomic E-state index is -0.106. The molecule has 10 rings (SSSR count). The van der Waals surface area contributed by atoms with E-state index in [9.17, 15) is 0 Å². The maximum atomic E-state index is 2.66. The van der Waals surface area contributed by atoms with Crippen LogP contribution in [0.15, 0.2) is 170 Å². The van der Waals surface area contributed by atoms with Crippen LogP contribution in [0.1, 0.15) is 126 Å². The molecule has 0 spiro atoms. The molecule has 70 heavy (non-hydrogen) atoms. The second-order valence-electron chi connectivity index (χ2n) is 22.6. The molecule has 0 aromatic heterocycles. The molecule has 0 atom stereocenters. The minimum absolute atomic E-state index is 0.0988. The van der Waals surface area contributed by atoms with Crippen LogP contribution in [0.2, 0.25) is 0 Å². The average Bonchev–Trinajstić information content (AvgIpc) is 3.35. The zero-order valence-corrected chi connectivity index (χ0v) is 43.6. The fraction of sp³-hybridized carbons (Fsp3) is 0.265. The number of rotatable bonds is 10. The van der Waals surface area contributed by atoms with Gasteiger partial charge in [0.15, 0.2) is 0 Å². The van der Waals surface area contributed by atoms with Crippen LogP contribution >= 0.6 is 0 Å². The lowest BCUT2D eigenvalue weighted by Gasteiger charge is -2.37. The van der Waals surface area contributed by atoms with Gasteiger partial charge in [0, 0.05) is 28.1 Å². The number of nitrogens with zero attached hydrogens (tertiary/aromatic N) is 2. The summed E-state index contributed by atoms with van der Waals surface area (Å²) >= 11 is 0. The Kier molecular flexibility index (Phi) is 12.1. The highest BCUT2D eigenvalue weighted by Gasteiger charge is 2.33. The zero-order valence-electron chi connectivity index (χ0n) is 43.6. The summed E-state index contributed by atoms with van der Waals surface area (Å²) in [5.74, 6) is 0.607. The summed E-state index contributed by atoms with van der Waals surface area (Å²) in [6, 6.07) is 64.2. The van der Waals surface area contributed by atoms with Gasteiger partial charge in [-0.25, -0.2) is 0 Å². The summed E-state index contributed by atoms with van der Waals surface area (Å²) in [4.78, 5) is 5.29. The van der Waals surface area contributed by atoms with Gasteiger partial charge >= 0.3 is 0 Å². The highest BCUT2D eigenvalue weighted by molar-refractivity contribution is 6.19. The van der Waals surface area contributed by atoms with E-state index >= 15 is 0 Å². The van der Waals surface area contributed by atoms with E-state index in [0.29, 0.717) is 11.8 Å². The van der Waals surface area contributed by atoms with E-state index in [4.69, 9.17) is 0 Å². The lowest BCUT2D eigenvalue weighted by atomic mass is 9.77. The van der Waals surface area contributed by atoms with Gasteiger partial charge in [0.05, 0.1) is 11.4 Å². The first-order chi connectivity index (χ1) is 33.5. The molecule has 9 aromatic carbocycles. The second kappa shape index (κ2) is 18.1. The Morgan fingerprint density at radius 3 is 1.26 bits per heavy atom. The van der Waals surface area contributed by atoms with Crippen LogP contribution in [-0.2, 0) is 23.7 Å². The third-order valence-corrected chi connectivity index (χ3v) is 15.0. The Morgan fingerprint density at radius 2 is 0.771 bits per heavy atom. The van der Waals surface area contributed by atoms with E-state index in [0.717, 1.165) is 12.8 Å². The molecular formula is C68H70N2. The number of aryl methyl sites for hydroxylation is 4. The second-order valence-corrected chi connectivity index (χ2v) is 22.6. The highest BCUT2D eigenvalue weighted by atomic mass is 15.2. The van der Waals surface area contributed by atoms with Crippen molar-refractivity contribution in [1.29, 1.82) is 0 Å². The molecule has 9 aromatic rings. The molecule has 0 saturated carbocycles. The van der Waals surface area contributed by atoms with Crippen LogP contribution in [-0.4, -0.2) is 0 Å². The SMILES string of the molecule is Cc1ccc(-c2ccccc2)cc1N(c1ccccc1C(C)(C)C)c1cc(C(C)C)c2ccc3c(N(c4cc(-c5ccccc5)ccc4C)c4ccccc4C(C)(C)C)cc(C(C)C)c4c3c2c1CC4. The zero-order chi connectivity index (χ0) is 49.2. The predicted octanol–water partition coefficient (Wildman–Crippen LogP) is 19.8. The van der Waals surface area contributed by atoms with Crippen LogP contribution < -0.4 is 9.80 Å². The van der Waals surface area contributed by atoms with Crippen LogP contribution in [0.3, 0.4) is 0 Å². The molecule has 2 nitrogen and oxygen atoms in total. The molecule has 0 N–H and O–H groups in total. The van der Waals surface area contributed by atoms with Crippen molar-refractivity contribution in [2.24, 2.45) is 0 Å². The topological polar surface area (TPSA) is 6.48 Å². The van der Waals surface area contributed by atoms with Crippen LogP contribution in [0.25, 0.3) is 43.8 Å². The Labute approximate surface area is 418 Å². The molecule has 0 radical (unpaired) electrons. The van der Waals surface area contributed by atoms with Gasteiger partial charge in [0.25, 0.3) is 0 Å². The van der Waals surface area contributed by atoms with Crippen molar-refractivity contribution in [2.45, 2.75) is 119 Å². The molecule has 0 amide bonds. The number of hydrogen-bond acceptors (Lipinski definition) is 2. The number of para-hydroxylation sites is 2. The predicted molar refractivity (Wildman–Crippen MR) is 304 cm³/mol. The summed E-state index contributed by atoms with van der Waals surface area (Å²) in [6.07, 6.45) is 1.93. The van der Waals surface area contributed by atoms with Gasteiger partial charge in [0.1, 0.15) is 0 Å². The van der Waals surface area contributed by atoms with Gasteiger partial charge < -0.3 is 9.80 Å². The minimum Gasteiger partial charge on any atom is -0.310 e. The molecule has 352 valence electrons. The van der Waals surface area contributed by atoms with Gasteiger partial charge in [-0.05, 0) is 169 Å². The lowest BCUT2D eigenvalue weighted by molar-refractivity contribution is 0.590. The van der Waals surface area contributed by atoms with Crippen LogP contribution in [0.4, 0.5) is 34.1 Å². The highest BCUT2D eigenvalue weighted by Crippen LogP contribution is 2.54. The molecule has 1 aliphatic carbocycles. The first-order valence-electron chi connectivity index (χ1n) is 25.7. The van der Waals surface area contributed by atoms with Gasteiger partial charge in [0.2, 0.25) is 0 Å². The molecular weight excluding hydrogens is 845 g/mol. The first-order valence-corrected chi connectivity index (χ1v) is 25.7. The molecule has 0 unspecified atom stereocenters. The van der Waals surface area contributed by atoms with Crippen molar-refractivity contribution >= 4 is 55.7 Å². The Balaban J connectivity index is 1.35. The van der Waals surface area contributed by atoms with Crippen LogP contribution in [0.5, 0.6) is 0 Å². The summed E-state index contributed by atoms with van der Waals surface area (Å²) < 4.78 is 0. The van der Waals surface area contributed by atoms with Gasteiger partial charge in [-0.1, -0.05) is 203 Å². The fourth-order valence-corrected chi connectivity index (χ4v) is 11.4. The normalized spacial score (nSPS) is 12.7. The lowest BCUT2D eigenvalue weighted by Crippen LogP contribution is -2.22. The third-order valence-electron chi connectivity index (χ3n) is 15.0. The summed E-state index contributed by atoms with van der Waals surface area (Å²) in [5, 5.41) is 5.50. The van der Waals surface area contributed by atoms with Crippen molar-refractivity contribution in [3.05, 3.63) is 214 Å². The largest absolute Gasteiger partial charge is 0.310 e. The van der Waals surface area contributed by atoms with E-state index in [2.05, 4.69) is 263 Å². The molecule has 0 heterocycles. The Morgan fingerprint density at radius 1 is 0.357 bits per heavy atom. The fourth-order valence-electron chi connectivity index (χ4n) is 11.4. The van der Waals surface area contributed by atoms with E-state index < -0.39 is 0 Å². The maximum Gasteiger partial charge on any atom is 0.0543 e. The number of hydrogen-bond donors (Lipinski definition) is 0. The monoisotopic (exact) mass is 915 g/mol. The standard InChI is InChI=1S/C68H70N2/c1-43(2)55-41-63(69(59-29-21-19-27-57(59)67(7,8)9)61-39-49(33-31-45(61)5)47-23-15-13-16-24-47)53-38-36-52-56(44(3)4)42-64(54-37-35-51(55)65(53)66(52)54)70(60-30-22-20-28-58(60)68(10,11)12)62-40-50(34-32-46(62)6)48-25-17-14-18-26-48/h13-35,37,39-44H,36,38H2,1-12H3.